The van der Waals surface area contributed by atoms with Crippen LogP contribution in [0.3, 0.4) is 0 Å². The number of phenols is 2. The van der Waals surface area contributed by atoms with Crippen molar-refractivity contribution < 1.29 is 10.2 Å². The summed E-state index contributed by atoms with van der Waals surface area (Å²) >= 11 is 5.79. The molecule has 2 aromatic carbocycles. The molecule has 86 valence electrons. The number of aromatic hydroxyl groups is 2. The smallest absolute Gasteiger partial charge is 0.169 e. The first-order chi connectivity index (χ1) is 8.16. The second-order valence-corrected chi connectivity index (χ2v) is 3.76. The topological polar surface area (TPSA) is 65.2 Å². The number of hydrogen-bond donors (Lipinski definition) is 2. The summed E-state index contributed by atoms with van der Waals surface area (Å²) in [5, 5.41) is 27.2. The summed E-state index contributed by atoms with van der Waals surface area (Å²) in [7, 11) is 0. The lowest BCUT2D eigenvalue weighted by atomic mass is 10.3. The lowest BCUT2D eigenvalue weighted by Gasteiger charge is -1.99. The van der Waals surface area contributed by atoms with E-state index < -0.39 is 0 Å². The van der Waals surface area contributed by atoms with E-state index >= 15 is 0 Å². The molecule has 0 aromatic heterocycles. The predicted octanol–water partition coefficient (Wildman–Crippen LogP) is 4.17. The lowest BCUT2D eigenvalue weighted by molar-refractivity contribution is 0.452. The highest BCUT2D eigenvalue weighted by molar-refractivity contribution is 6.30. The van der Waals surface area contributed by atoms with Gasteiger partial charge in [0.05, 0.1) is 5.69 Å². The van der Waals surface area contributed by atoms with Gasteiger partial charge >= 0.3 is 0 Å². The van der Waals surface area contributed by atoms with Crippen molar-refractivity contribution in [1.82, 2.24) is 0 Å². The fourth-order valence-corrected chi connectivity index (χ4v) is 1.45. The minimum atomic E-state index is -0.129. The molecule has 0 bridgehead atoms. The predicted molar refractivity (Wildman–Crippen MR) is 65.4 cm³/mol. The molecular formula is C12H9ClN2O2. The zero-order chi connectivity index (χ0) is 12.3. The summed E-state index contributed by atoms with van der Waals surface area (Å²) in [6.45, 7) is 0. The van der Waals surface area contributed by atoms with Crippen molar-refractivity contribution in [3.8, 4) is 11.5 Å². The molecule has 0 radical (unpaired) electrons. The van der Waals surface area contributed by atoms with Crippen molar-refractivity contribution >= 4 is 23.0 Å². The standard InChI is InChI=1S/C12H9ClN2O2/c13-8-3-1-4-9(7-8)14-15-12-10(16)5-2-6-11(12)17/h1-7,16-17H. The summed E-state index contributed by atoms with van der Waals surface area (Å²) in [5.74, 6) is -0.258. The molecular weight excluding hydrogens is 240 g/mol. The fraction of sp³-hybridized carbons (Fsp3) is 0. The van der Waals surface area contributed by atoms with Crippen LogP contribution in [0.2, 0.25) is 5.02 Å². The highest BCUT2D eigenvalue weighted by Gasteiger charge is 2.04. The van der Waals surface area contributed by atoms with E-state index in [-0.39, 0.29) is 17.2 Å². The Balaban J connectivity index is 2.32. The Bertz CT molecular complexity index is 550. The van der Waals surface area contributed by atoms with Crippen LogP contribution >= 0.6 is 11.6 Å². The van der Waals surface area contributed by atoms with E-state index in [2.05, 4.69) is 10.2 Å². The first-order valence-corrected chi connectivity index (χ1v) is 5.23. The fourth-order valence-electron chi connectivity index (χ4n) is 1.27. The molecule has 5 heteroatoms. The molecule has 0 fully saturated rings. The Hall–Kier alpha value is -2.07. The number of phenolic OH excluding ortho intramolecular Hbond substituents is 2. The van der Waals surface area contributed by atoms with Gasteiger partial charge in [-0.2, -0.15) is 5.11 Å². The summed E-state index contributed by atoms with van der Waals surface area (Å²) in [4.78, 5) is 0. The maximum atomic E-state index is 9.48. The van der Waals surface area contributed by atoms with Crippen LogP contribution in [0, 0.1) is 0 Å². The van der Waals surface area contributed by atoms with Crippen LogP contribution < -0.4 is 0 Å². The zero-order valence-electron chi connectivity index (χ0n) is 8.71. The molecule has 2 aromatic rings. The van der Waals surface area contributed by atoms with Crippen molar-refractivity contribution in [2.75, 3.05) is 0 Å². The van der Waals surface area contributed by atoms with Crippen LogP contribution in [0.5, 0.6) is 11.5 Å². The third kappa shape index (κ3) is 2.73. The molecule has 0 saturated heterocycles. The van der Waals surface area contributed by atoms with E-state index in [0.717, 1.165) is 0 Å². The van der Waals surface area contributed by atoms with Crippen molar-refractivity contribution in [1.29, 1.82) is 0 Å². The monoisotopic (exact) mass is 248 g/mol. The van der Waals surface area contributed by atoms with Crippen LogP contribution in [0.15, 0.2) is 52.7 Å². The summed E-state index contributed by atoms with van der Waals surface area (Å²) in [6.07, 6.45) is 0. The van der Waals surface area contributed by atoms with Gasteiger partial charge in [0.1, 0.15) is 11.5 Å². The quantitative estimate of drug-likeness (QED) is 0.784. The van der Waals surface area contributed by atoms with Gasteiger partial charge in [0.15, 0.2) is 5.69 Å². The molecule has 2 rings (SSSR count). The van der Waals surface area contributed by atoms with E-state index in [1.165, 1.54) is 18.2 Å². The molecule has 0 aliphatic rings. The molecule has 0 atom stereocenters. The average molecular weight is 249 g/mol. The molecule has 2 N–H and O–H groups in total. The average Bonchev–Trinajstić information content (AvgIpc) is 2.28. The van der Waals surface area contributed by atoms with Crippen LogP contribution in [0.1, 0.15) is 0 Å². The minimum absolute atomic E-state index is 0.0347. The second-order valence-electron chi connectivity index (χ2n) is 3.32. The van der Waals surface area contributed by atoms with Crippen molar-refractivity contribution in [2.24, 2.45) is 10.2 Å². The number of nitrogens with zero attached hydrogens (tertiary/aromatic N) is 2. The van der Waals surface area contributed by atoms with Crippen LogP contribution in [0.4, 0.5) is 11.4 Å². The largest absolute Gasteiger partial charge is 0.505 e. The molecule has 0 aliphatic heterocycles. The lowest BCUT2D eigenvalue weighted by Crippen LogP contribution is -1.70. The number of azo groups is 1. The van der Waals surface area contributed by atoms with Crippen molar-refractivity contribution in [2.45, 2.75) is 0 Å². The molecule has 0 saturated carbocycles. The Morgan fingerprint density at radius 2 is 1.53 bits per heavy atom. The van der Waals surface area contributed by atoms with Gasteiger partial charge in [-0.1, -0.05) is 23.7 Å². The maximum absolute atomic E-state index is 9.48. The molecule has 17 heavy (non-hydrogen) atoms. The van der Waals surface area contributed by atoms with Crippen LogP contribution in [0.25, 0.3) is 0 Å². The first-order valence-electron chi connectivity index (χ1n) is 4.85. The maximum Gasteiger partial charge on any atom is 0.169 e. The number of rotatable bonds is 2. The molecule has 4 nitrogen and oxygen atoms in total. The van der Waals surface area contributed by atoms with Crippen molar-refractivity contribution in [3.63, 3.8) is 0 Å². The summed E-state index contributed by atoms with van der Waals surface area (Å²) in [5.41, 5.74) is 0.577. The van der Waals surface area contributed by atoms with Crippen molar-refractivity contribution in [3.05, 3.63) is 47.5 Å². The highest BCUT2D eigenvalue weighted by Crippen LogP contribution is 2.36. The Morgan fingerprint density at radius 1 is 0.882 bits per heavy atom. The highest BCUT2D eigenvalue weighted by atomic mass is 35.5. The van der Waals surface area contributed by atoms with Gasteiger partial charge in [0.25, 0.3) is 0 Å². The third-order valence-electron chi connectivity index (χ3n) is 2.07. The zero-order valence-corrected chi connectivity index (χ0v) is 9.46. The molecule has 0 unspecified atom stereocenters. The van der Waals surface area contributed by atoms with E-state index in [9.17, 15) is 10.2 Å². The van der Waals surface area contributed by atoms with E-state index in [4.69, 9.17) is 11.6 Å². The van der Waals surface area contributed by atoms with E-state index in [1.54, 1.807) is 24.3 Å². The molecule has 0 heterocycles. The summed E-state index contributed by atoms with van der Waals surface area (Å²) in [6, 6.07) is 11.2. The van der Waals surface area contributed by atoms with E-state index in [1.807, 2.05) is 0 Å². The summed E-state index contributed by atoms with van der Waals surface area (Å²) < 4.78 is 0. The van der Waals surface area contributed by atoms with Gasteiger partial charge < -0.3 is 10.2 Å². The molecule has 0 amide bonds. The van der Waals surface area contributed by atoms with E-state index in [0.29, 0.717) is 10.7 Å². The van der Waals surface area contributed by atoms with Gasteiger partial charge in [-0.3, -0.25) is 0 Å². The van der Waals surface area contributed by atoms with Crippen LogP contribution in [-0.4, -0.2) is 10.2 Å². The van der Waals surface area contributed by atoms with Gasteiger partial charge in [-0.05, 0) is 30.3 Å². The molecule has 0 aliphatic carbocycles. The van der Waals surface area contributed by atoms with Gasteiger partial charge in [0, 0.05) is 5.02 Å². The van der Waals surface area contributed by atoms with Gasteiger partial charge in [0.2, 0.25) is 0 Å². The molecule has 0 spiro atoms. The van der Waals surface area contributed by atoms with Gasteiger partial charge in [-0.25, -0.2) is 0 Å². The Morgan fingerprint density at radius 3 is 2.18 bits per heavy atom. The minimum Gasteiger partial charge on any atom is -0.505 e. The first kappa shape index (κ1) is 11.4. The van der Waals surface area contributed by atoms with Gasteiger partial charge in [-0.15, -0.1) is 5.11 Å². The number of hydrogen-bond acceptors (Lipinski definition) is 4. The normalized spacial score (nSPS) is 10.9. The Kier molecular flexibility index (Phi) is 3.25. The third-order valence-corrected chi connectivity index (χ3v) is 2.30. The second kappa shape index (κ2) is 4.84. The number of halogens is 1. The van der Waals surface area contributed by atoms with Crippen LogP contribution in [-0.2, 0) is 0 Å². The SMILES string of the molecule is Oc1cccc(O)c1N=Nc1cccc(Cl)c1. The Labute approximate surface area is 103 Å². The number of benzene rings is 2.